The Morgan fingerprint density at radius 3 is 2.60 bits per heavy atom. The second-order valence-electron chi connectivity index (χ2n) is 3.81. The van der Waals surface area contributed by atoms with E-state index in [1.807, 2.05) is 0 Å². The largest absolute Gasteiger partial charge is 0.508 e. The summed E-state index contributed by atoms with van der Waals surface area (Å²) in [7, 11) is 0. The highest BCUT2D eigenvalue weighted by Crippen LogP contribution is 2.39. The Labute approximate surface area is 87.1 Å². The van der Waals surface area contributed by atoms with Crippen molar-refractivity contribution in [2.75, 3.05) is 0 Å². The number of phenolic OH excluding ortho intramolecular Hbond substituents is 2. The standard InChI is InChI=1S/C11H12O4/c1-5-6(2)15-9-4-7(12)3-8(13)10(9)11(5)14/h3-6,12-13H,1-2H3/t5-,6+/m0/s1. The highest BCUT2D eigenvalue weighted by molar-refractivity contribution is 6.04. The topological polar surface area (TPSA) is 66.8 Å². The smallest absolute Gasteiger partial charge is 0.176 e. The minimum Gasteiger partial charge on any atom is -0.508 e. The van der Waals surface area contributed by atoms with Crippen LogP contribution in [0.5, 0.6) is 17.2 Å². The molecule has 1 aromatic rings. The van der Waals surface area contributed by atoms with E-state index >= 15 is 0 Å². The van der Waals surface area contributed by atoms with E-state index in [4.69, 9.17) is 4.74 Å². The number of ether oxygens (including phenoxy) is 1. The Morgan fingerprint density at radius 2 is 1.93 bits per heavy atom. The molecule has 0 bridgehead atoms. The molecule has 0 saturated heterocycles. The monoisotopic (exact) mass is 208 g/mol. The number of hydrogen-bond donors (Lipinski definition) is 2. The summed E-state index contributed by atoms with van der Waals surface area (Å²) in [5, 5.41) is 18.8. The number of rotatable bonds is 0. The summed E-state index contributed by atoms with van der Waals surface area (Å²) in [6.45, 7) is 3.54. The second kappa shape index (κ2) is 3.15. The molecule has 1 aliphatic rings. The second-order valence-corrected chi connectivity index (χ2v) is 3.81. The van der Waals surface area contributed by atoms with Crippen molar-refractivity contribution >= 4 is 5.78 Å². The number of carbonyl (C=O) groups is 1. The molecule has 0 spiro atoms. The number of carbonyl (C=O) groups excluding carboxylic acids is 1. The first-order valence-corrected chi connectivity index (χ1v) is 4.77. The van der Waals surface area contributed by atoms with Gasteiger partial charge in [-0.3, -0.25) is 4.79 Å². The van der Waals surface area contributed by atoms with Gasteiger partial charge in [-0.25, -0.2) is 0 Å². The van der Waals surface area contributed by atoms with E-state index in [9.17, 15) is 15.0 Å². The molecule has 2 rings (SSSR count). The molecule has 0 radical (unpaired) electrons. The van der Waals surface area contributed by atoms with Crippen LogP contribution in [0.2, 0.25) is 0 Å². The summed E-state index contributed by atoms with van der Waals surface area (Å²) in [6.07, 6.45) is -0.244. The lowest BCUT2D eigenvalue weighted by Gasteiger charge is -2.28. The van der Waals surface area contributed by atoms with Gasteiger partial charge in [0.2, 0.25) is 0 Å². The van der Waals surface area contributed by atoms with Crippen LogP contribution >= 0.6 is 0 Å². The van der Waals surface area contributed by atoms with E-state index in [1.165, 1.54) is 6.07 Å². The Morgan fingerprint density at radius 1 is 1.27 bits per heavy atom. The summed E-state index contributed by atoms with van der Waals surface area (Å²) in [5.74, 6) is -0.521. The lowest BCUT2D eigenvalue weighted by atomic mass is 9.91. The van der Waals surface area contributed by atoms with Crippen LogP contribution in [-0.4, -0.2) is 22.1 Å². The first-order valence-electron chi connectivity index (χ1n) is 4.77. The summed E-state index contributed by atoms with van der Waals surface area (Å²) in [6, 6.07) is 2.48. The van der Waals surface area contributed by atoms with Gasteiger partial charge < -0.3 is 14.9 Å². The lowest BCUT2D eigenvalue weighted by molar-refractivity contribution is 0.0724. The van der Waals surface area contributed by atoms with E-state index in [0.29, 0.717) is 0 Å². The van der Waals surface area contributed by atoms with Gasteiger partial charge in [-0.05, 0) is 6.92 Å². The van der Waals surface area contributed by atoms with Crippen molar-refractivity contribution in [3.05, 3.63) is 17.7 Å². The molecule has 1 heterocycles. The van der Waals surface area contributed by atoms with Crippen molar-refractivity contribution in [3.8, 4) is 17.2 Å². The first-order chi connectivity index (χ1) is 7.00. The fourth-order valence-electron chi connectivity index (χ4n) is 1.67. The third-order valence-electron chi connectivity index (χ3n) is 2.74. The zero-order valence-corrected chi connectivity index (χ0v) is 8.52. The van der Waals surface area contributed by atoms with Gasteiger partial charge in [0.05, 0.1) is 5.92 Å². The molecule has 0 aliphatic carbocycles. The molecule has 1 aliphatic heterocycles. The average molecular weight is 208 g/mol. The van der Waals surface area contributed by atoms with Crippen LogP contribution in [0.15, 0.2) is 12.1 Å². The highest BCUT2D eigenvalue weighted by atomic mass is 16.5. The zero-order chi connectivity index (χ0) is 11.2. The van der Waals surface area contributed by atoms with Crippen molar-refractivity contribution in [2.24, 2.45) is 5.92 Å². The fraction of sp³-hybridized carbons (Fsp3) is 0.364. The highest BCUT2D eigenvalue weighted by Gasteiger charge is 2.33. The van der Waals surface area contributed by atoms with Crippen molar-refractivity contribution in [3.63, 3.8) is 0 Å². The van der Waals surface area contributed by atoms with Crippen LogP contribution in [0.3, 0.4) is 0 Å². The van der Waals surface area contributed by atoms with Gasteiger partial charge in [0.15, 0.2) is 5.78 Å². The molecule has 80 valence electrons. The van der Waals surface area contributed by atoms with Gasteiger partial charge in [0.1, 0.15) is 28.9 Å². The Balaban J connectivity index is 2.60. The van der Waals surface area contributed by atoms with Crippen LogP contribution in [0.25, 0.3) is 0 Å². The number of benzene rings is 1. The molecular formula is C11H12O4. The molecular weight excluding hydrogens is 196 g/mol. The van der Waals surface area contributed by atoms with E-state index in [2.05, 4.69) is 0 Å². The minimum atomic E-state index is -0.284. The van der Waals surface area contributed by atoms with Gasteiger partial charge in [0.25, 0.3) is 0 Å². The maximum Gasteiger partial charge on any atom is 0.176 e. The summed E-state index contributed by atoms with van der Waals surface area (Å²) in [5.41, 5.74) is 0.165. The Bertz CT molecular complexity index is 425. The van der Waals surface area contributed by atoms with E-state index in [-0.39, 0.29) is 40.6 Å². The molecule has 4 heteroatoms. The Kier molecular flexibility index (Phi) is 2.07. The minimum absolute atomic E-state index is 0.110. The number of phenols is 2. The molecule has 2 N–H and O–H groups in total. The fourth-order valence-corrected chi connectivity index (χ4v) is 1.67. The van der Waals surface area contributed by atoms with Gasteiger partial charge in [0, 0.05) is 12.1 Å². The number of ketones is 1. The van der Waals surface area contributed by atoms with Crippen molar-refractivity contribution in [2.45, 2.75) is 20.0 Å². The van der Waals surface area contributed by atoms with Crippen LogP contribution in [0.4, 0.5) is 0 Å². The predicted octanol–water partition coefficient (Wildman–Crippen LogP) is 1.70. The van der Waals surface area contributed by atoms with E-state index in [0.717, 1.165) is 6.07 Å². The SMILES string of the molecule is C[C@@H]1C(=O)c2c(O)cc(O)cc2O[C@@H]1C. The van der Waals surface area contributed by atoms with Gasteiger partial charge in [-0.15, -0.1) is 0 Å². The Hall–Kier alpha value is -1.71. The van der Waals surface area contributed by atoms with Crippen LogP contribution in [0, 0.1) is 5.92 Å². The van der Waals surface area contributed by atoms with Gasteiger partial charge >= 0.3 is 0 Å². The molecule has 0 unspecified atom stereocenters. The summed E-state index contributed by atoms with van der Waals surface area (Å²) < 4.78 is 5.44. The maximum atomic E-state index is 11.8. The maximum absolute atomic E-state index is 11.8. The van der Waals surface area contributed by atoms with Crippen LogP contribution < -0.4 is 4.74 Å². The molecule has 1 aromatic carbocycles. The number of fused-ring (bicyclic) bond motifs is 1. The third-order valence-corrected chi connectivity index (χ3v) is 2.74. The molecule has 15 heavy (non-hydrogen) atoms. The average Bonchev–Trinajstić information content (AvgIpc) is 2.13. The van der Waals surface area contributed by atoms with E-state index in [1.54, 1.807) is 13.8 Å². The molecule has 0 fully saturated rings. The zero-order valence-electron chi connectivity index (χ0n) is 8.52. The molecule has 0 saturated carbocycles. The van der Waals surface area contributed by atoms with Crippen LogP contribution in [-0.2, 0) is 0 Å². The number of hydrogen-bond acceptors (Lipinski definition) is 4. The summed E-state index contributed by atoms with van der Waals surface area (Å²) in [4.78, 5) is 11.8. The first kappa shape index (κ1) is 9.83. The van der Waals surface area contributed by atoms with Crippen molar-refractivity contribution in [1.82, 2.24) is 0 Å². The van der Waals surface area contributed by atoms with E-state index < -0.39 is 0 Å². The number of aromatic hydroxyl groups is 2. The van der Waals surface area contributed by atoms with Crippen molar-refractivity contribution < 1.29 is 19.7 Å². The molecule has 4 nitrogen and oxygen atoms in total. The molecule has 0 amide bonds. The summed E-state index contributed by atoms with van der Waals surface area (Å²) >= 11 is 0. The molecule has 2 atom stereocenters. The van der Waals surface area contributed by atoms with Gasteiger partial charge in [-0.1, -0.05) is 6.92 Å². The number of Topliss-reactive ketones (excluding diaryl/α,β-unsaturated/α-hetero) is 1. The normalized spacial score (nSPS) is 24.5. The third kappa shape index (κ3) is 1.42. The molecule has 0 aromatic heterocycles. The van der Waals surface area contributed by atoms with Crippen LogP contribution in [0.1, 0.15) is 24.2 Å². The quantitative estimate of drug-likeness (QED) is 0.681. The van der Waals surface area contributed by atoms with Gasteiger partial charge in [-0.2, -0.15) is 0 Å². The predicted molar refractivity (Wildman–Crippen MR) is 53.4 cm³/mol. The lowest BCUT2D eigenvalue weighted by Crippen LogP contribution is -2.33. The van der Waals surface area contributed by atoms with Crippen molar-refractivity contribution in [1.29, 1.82) is 0 Å².